The van der Waals surface area contributed by atoms with E-state index in [0.29, 0.717) is 11.1 Å². The maximum atomic E-state index is 13.3. The molecule has 4 atom stereocenters. The molecule has 1 heterocycles. The van der Waals surface area contributed by atoms with Crippen LogP contribution in [-0.4, -0.2) is 69.6 Å². The first-order valence-electron chi connectivity index (χ1n) is 12.5. The molecule has 4 unspecified atom stereocenters. The van der Waals surface area contributed by atoms with Gasteiger partial charge in [0.2, 0.25) is 23.6 Å². The van der Waals surface area contributed by atoms with E-state index in [4.69, 9.17) is 11.5 Å². The molecule has 0 aliphatic carbocycles. The molecule has 2 aromatic carbocycles. The van der Waals surface area contributed by atoms with Gasteiger partial charge in [0.25, 0.3) is 0 Å². The number of amides is 4. The lowest BCUT2D eigenvalue weighted by Crippen LogP contribution is -2.58. The Morgan fingerprint density at radius 2 is 1.43 bits per heavy atom. The fourth-order valence-corrected chi connectivity index (χ4v) is 4.26. The van der Waals surface area contributed by atoms with Crippen molar-refractivity contribution in [2.24, 2.45) is 11.5 Å². The minimum atomic E-state index is -1.50. The molecule has 13 heteroatoms. The third-order valence-corrected chi connectivity index (χ3v) is 6.59. The topological polar surface area (TPSA) is 209 Å². The number of carboxylic acid groups (broad SMARTS) is 1. The van der Waals surface area contributed by atoms with Gasteiger partial charge in [-0.3, -0.25) is 19.2 Å². The Bertz CT molecular complexity index is 1360. The summed E-state index contributed by atoms with van der Waals surface area (Å²) >= 11 is 4.01. The zero-order valence-corrected chi connectivity index (χ0v) is 22.4. The average Bonchev–Trinajstić information content (AvgIpc) is 3.34. The first kappa shape index (κ1) is 30.2. The summed E-state index contributed by atoms with van der Waals surface area (Å²) < 4.78 is 0. The lowest BCUT2D eigenvalue weighted by atomic mass is 10.0. The highest BCUT2D eigenvalue weighted by Gasteiger charge is 2.31. The molecule has 3 rings (SSSR count). The molecule has 212 valence electrons. The number of carbonyl (C=O) groups excluding carboxylic acids is 4. The van der Waals surface area contributed by atoms with Gasteiger partial charge in [-0.15, -0.1) is 0 Å². The first-order valence-corrected chi connectivity index (χ1v) is 13.1. The molecule has 0 spiro atoms. The number of primary amides is 1. The van der Waals surface area contributed by atoms with E-state index in [0.717, 1.165) is 10.9 Å². The zero-order chi connectivity index (χ0) is 29.2. The standard InChI is InChI=1S/C27H32N6O6S/c28-18(14-40)24(35)31-20(10-15-6-2-1-3-7-15)25(36)32-21(12-23(29)34)26(37)33-22(27(38)39)11-16-13-30-19-9-5-4-8-17(16)19/h1-9,13,18,20-22,30,40H,10-12,14,28H2,(H2,29,34)(H,31,35)(H,32,36)(H,33,37)(H,38,39). The molecule has 1 aromatic heterocycles. The van der Waals surface area contributed by atoms with Crippen LogP contribution >= 0.6 is 12.6 Å². The van der Waals surface area contributed by atoms with Crippen LogP contribution in [0.5, 0.6) is 0 Å². The average molecular weight is 569 g/mol. The van der Waals surface area contributed by atoms with Crippen molar-refractivity contribution in [2.75, 3.05) is 5.75 Å². The van der Waals surface area contributed by atoms with Gasteiger partial charge in [-0.1, -0.05) is 48.5 Å². The van der Waals surface area contributed by atoms with Gasteiger partial charge in [-0.05, 0) is 17.2 Å². The van der Waals surface area contributed by atoms with Gasteiger partial charge in [0, 0.05) is 35.7 Å². The number of aliphatic carboxylic acids is 1. The fourth-order valence-electron chi connectivity index (χ4n) is 4.10. The summed E-state index contributed by atoms with van der Waals surface area (Å²) in [6, 6.07) is 11.1. The Balaban J connectivity index is 1.78. The number of carboxylic acids is 1. The van der Waals surface area contributed by atoms with Crippen molar-refractivity contribution in [1.29, 1.82) is 0 Å². The number of aromatic nitrogens is 1. The maximum absolute atomic E-state index is 13.3. The number of carbonyl (C=O) groups is 5. The smallest absolute Gasteiger partial charge is 0.326 e. The Hall–Kier alpha value is -4.36. The van der Waals surface area contributed by atoms with Crippen LogP contribution in [0.2, 0.25) is 0 Å². The number of hydrogen-bond acceptors (Lipinski definition) is 7. The first-order chi connectivity index (χ1) is 19.1. The van der Waals surface area contributed by atoms with Gasteiger partial charge in [-0.25, -0.2) is 4.79 Å². The molecule has 3 aromatic rings. The van der Waals surface area contributed by atoms with E-state index < -0.39 is 60.2 Å². The number of H-pyrrole nitrogens is 1. The molecule has 0 bridgehead atoms. The Morgan fingerprint density at radius 3 is 2.08 bits per heavy atom. The molecule has 9 N–H and O–H groups in total. The quantitative estimate of drug-likeness (QED) is 0.121. The van der Waals surface area contributed by atoms with Crippen molar-refractivity contribution in [3.05, 3.63) is 71.9 Å². The number of thiol groups is 1. The van der Waals surface area contributed by atoms with E-state index in [1.165, 1.54) is 0 Å². The molecular weight excluding hydrogens is 536 g/mol. The van der Waals surface area contributed by atoms with Crippen molar-refractivity contribution in [1.82, 2.24) is 20.9 Å². The van der Waals surface area contributed by atoms with E-state index in [1.807, 2.05) is 18.2 Å². The molecule has 0 radical (unpaired) electrons. The molecule has 0 aliphatic rings. The van der Waals surface area contributed by atoms with Crippen molar-refractivity contribution in [3.8, 4) is 0 Å². The third kappa shape index (κ3) is 8.32. The summed E-state index contributed by atoms with van der Waals surface area (Å²) in [5.41, 5.74) is 13.2. The minimum absolute atomic E-state index is 0.0330. The summed E-state index contributed by atoms with van der Waals surface area (Å²) in [5, 5.41) is 18.0. The highest BCUT2D eigenvalue weighted by Crippen LogP contribution is 2.19. The number of fused-ring (bicyclic) bond motifs is 1. The van der Waals surface area contributed by atoms with Crippen LogP contribution in [0.3, 0.4) is 0 Å². The van der Waals surface area contributed by atoms with E-state index in [9.17, 15) is 29.1 Å². The summed E-state index contributed by atoms with van der Waals surface area (Å²) in [5.74, 6) is -4.51. The van der Waals surface area contributed by atoms with E-state index in [1.54, 1.807) is 42.6 Å². The number of aromatic amines is 1. The van der Waals surface area contributed by atoms with Gasteiger partial charge in [0.05, 0.1) is 12.5 Å². The molecule has 0 saturated carbocycles. The number of benzene rings is 2. The van der Waals surface area contributed by atoms with Crippen LogP contribution in [0.15, 0.2) is 60.8 Å². The van der Waals surface area contributed by atoms with Crippen molar-refractivity contribution < 1.29 is 29.1 Å². The van der Waals surface area contributed by atoms with Crippen molar-refractivity contribution >= 4 is 53.1 Å². The molecule has 0 aliphatic heterocycles. The predicted molar refractivity (Wildman–Crippen MR) is 151 cm³/mol. The van der Waals surface area contributed by atoms with E-state index in [-0.39, 0.29) is 18.6 Å². The second-order valence-corrected chi connectivity index (χ2v) is 9.60. The highest BCUT2D eigenvalue weighted by atomic mass is 32.1. The Kier molecular flexibility index (Phi) is 10.7. The highest BCUT2D eigenvalue weighted by molar-refractivity contribution is 7.80. The second-order valence-electron chi connectivity index (χ2n) is 9.23. The number of rotatable bonds is 14. The summed E-state index contributed by atoms with van der Waals surface area (Å²) in [6.07, 6.45) is 1.05. The summed E-state index contributed by atoms with van der Waals surface area (Å²) in [7, 11) is 0. The molecule has 12 nitrogen and oxygen atoms in total. The second kappa shape index (κ2) is 14.1. The number of nitrogens with two attached hydrogens (primary N) is 2. The van der Waals surface area contributed by atoms with Gasteiger partial charge >= 0.3 is 5.97 Å². The van der Waals surface area contributed by atoms with Crippen molar-refractivity contribution in [2.45, 2.75) is 43.4 Å². The van der Waals surface area contributed by atoms with Crippen LogP contribution in [-0.2, 0) is 36.8 Å². The SMILES string of the molecule is NC(=O)CC(NC(=O)C(Cc1ccccc1)NC(=O)C(N)CS)C(=O)NC(Cc1c[nH]c2ccccc12)C(=O)O. The lowest BCUT2D eigenvalue weighted by Gasteiger charge is -2.24. The molecule has 4 amide bonds. The van der Waals surface area contributed by atoms with Crippen LogP contribution in [0.1, 0.15) is 17.5 Å². The predicted octanol–water partition coefficient (Wildman–Crippen LogP) is -0.375. The number of para-hydroxylation sites is 1. The van der Waals surface area contributed by atoms with Crippen molar-refractivity contribution in [3.63, 3.8) is 0 Å². The summed E-state index contributed by atoms with van der Waals surface area (Å²) in [4.78, 5) is 65.7. The van der Waals surface area contributed by atoms with Crippen LogP contribution in [0, 0.1) is 0 Å². The lowest BCUT2D eigenvalue weighted by molar-refractivity contribution is -0.142. The Labute approximate surface area is 235 Å². The van der Waals surface area contributed by atoms with Gasteiger partial charge in [-0.2, -0.15) is 12.6 Å². The van der Waals surface area contributed by atoms with Gasteiger partial charge < -0.3 is 37.5 Å². The third-order valence-electron chi connectivity index (χ3n) is 6.20. The number of hydrogen-bond donors (Lipinski definition) is 8. The number of nitrogens with one attached hydrogen (secondary N) is 4. The molecule has 0 fully saturated rings. The van der Waals surface area contributed by atoms with Crippen LogP contribution < -0.4 is 27.4 Å². The zero-order valence-electron chi connectivity index (χ0n) is 21.5. The van der Waals surface area contributed by atoms with Gasteiger partial charge in [0.1, 0.15) is 18.1 Å². The van der Waals surface area contributed by atoms with Crippen LogP contribution in [0.25, 0.3) is 10.9 Å². The van der Waals surface area contributed by atoms with E-state index >= 15 is 0 Å². The molecular formula is C27H32N6O6S. The summed E-state index contributed by atoms with van der Waals surface area (Å²) in [6.45, 7) is 0. The molecule has 0 saturated heterocycles. The van der Waals surface area contributed by atoms with E-state index in [2.05, 4.69) is 33.6 Å². The van der Waals surface area contributed by atoms with Crippen LogP contribution in [0.4, 0.5) is 0 Å². The Morgan fingerprint density at radius 1 is 0.825 bits per heavy atom. The molecule has 40 heavy (non-hydrogen) atoms. The minimum Gasteiger partial charge on any atom is -0.480 e. The van der Waals surface area contributed by atoms with Gasteiger partial charge in [0.15, 0.2) is 0 Å². The maximum Gasteiger partial charge on any atom is 0.326 e. The largest absolute Gasteiger partial charge is 0.480 e. The monoisotopic (exact) mass is 568 g/mol. The fraction of sp³-hybridized carbons (Fsp3) is 0.296. The normalized spacial score (nSPS) is 13.9.